The largest absolute Gasteiger partial charge is 0.508 e. The van der Waals surface area contributed by atoms with Gasteiger partial charge in [-0.15, -0.1) is 0 Å². The van der Waals surface area contributed by atoms with Crippen LogP contribution in [0.2, 0.25) is 0 Å². The molecule has 1 atom stereocenters. The number of rotatable bonds is 6. The number of hydrogen-bond acceptors (Lipinski definition) is 4. The summed E-state index contributed by atoms with van der Waals surface area (Å²) >= 11 is 0. The smallest absolute Gasteiger partial charge is 0.322 e. The van der Waals surface area contributed by atoms with Crippen molar-refractivity contribution in [1.82, 2.24) is 5.32 Å². The molecule has 0 saturated heterocycles. The van der Waals surface area contributed by atoms with Gasteiger partial charge < -0.3 is 15.5 Å². The van der Waals surface area contributed by atoms with Gasteiger partial charge in [0.1, 0.15) is 12.3 Å². The van der Waals surface area contributed by atoms with E-state index >= 15 is 0 Å². The van der Waals surface area contributed by atoms with Gasteiger partial charge in [-0.25, -0.2) is 0 Å². The lowest BCUT2D eigenvalue weighted by atomic mass is 9.94. The second kappa shape index (κ2) is 7.41. The van der Waals surface area contributed by atoms with Crippen LogP contribution in [0.3, 0.4) is 0 Å². The van der Waals surface area contributed by atoms with Gasteiger partial charge in [0.2, 0.25) is 5.91 Å². The summed E-state index contributed by atoms with van der Waals surface area (Å²) < 4.78 is 0. The average molecular weight is 327 g/mol. The van der Waals surface area contributed by atoms with Gasteiger partial charge in [0.25, 0.3) is 0 Å². The molecule has 0 bridgehead atoms. The van der Waals surface area contributed by atoms with E-state index in [2.05, 4.69) is 5.32 Å². The molecule has 0 aliphatic rings. The molecule has 0 unspecified atom stereocenters. The van der Waals surface area contributed by atoms with E-state index < -0.39 is 24.3 Å². The molecule has 24 heavy (non-hydrogen) atoms. The Hall–Kier alpha value is -3.15. The average Bonchev–Trinajstić information content (AvgIpc) is 2.59. The number of carboxylic acids is 1. The maximum absolute atomic E-state index is 12.5. The monoisotopic (exact) mass is 327 g/mol. The number of phenols is 1. The van der Waals surface area contributed by atoms with Crippen molar-refractivity contribution in [1.29, 1.82) is 0 Å². The van der Waals surface area contributed by atoms with Crippen LogP contribution in [0.15, 0.2) is 48.5 Å². The predicted octanol–water partition coefficient (Wildman–Crippen LogP) is 1.93. The number of aromatic hydroxyl groups is 1. The molecule has 0 radical (unpaired) electrons. The van der Waals surface area contributed by atoms with Crippen LogP contribution in [0.4, 0.5) is 0 Å². The van der Waals surface area contributed by atoms with Crippen molar-refractivity contribution < 1.29 is 24.6 Å². The lowest BCUT2D eigenvalue weighted by molar-refractivity contribution is -0.138. The number of ketones is 1. The first-order valence-electron chi connectivity index (χ1n) is 7.32. The zero-order valence-electron chi connectivity index (χ0n) is 13.0. The van der Waals surface area contributed by atoms with Gasteiger partial charge in [0.05, 0.1) is 5.92 Å². The summed E-state index contributed by atoms with van der Waals surface area (Å²) in [6.45, 7) is 1.02. The van der Waals surface area contributed by atoms with Crippen molar-refractivity contribution in [3.8, 4) is 5.75 Å². The second-order valence-corrected chi connectivity index (χ2v) is 5.30. The maximum Gasteiger partial charge on any atom is 0.322 e. The predicted molar refractivity (Wildman–Crippen MR) is 87.0 cm³/mol. The molecule has 6 heteroatoms. The zero-order valence-corrected chi connectivity index (χ0v) is 13.0. The summed E-state index contributed by atoms with van der Waals surface area (Å²) in [7, 11) is 0. The molecule has 6 nitrogen and oxygen atoms in total. The summed E-state index contributed by atoms with van der Waals surface area (Å²) in [6, 6.07) is 12.9. The van der Waals surface area contributed by atoms with Gasteiger partial charge in [-0.2, -0.15) is 0 Å². The Morgan fingerprint density at radius 2 is 1.71 bits per heavy atom. The van der Waals surface area contributed by atoms with Crippen LogP contribution in [-0.4, -0.2) is 34.4 Å². The lowest BCUT2D eigenvalue weighted by Crippen LogP contribution is -2.32. The van der Waals surface area contributed by atoms with Crippen molar-refractivity contribution in [3.05, 3.63) is 65.2 Å². The fourth-order valence-electron chi connectivity index (χ4n) is 2.26. The standard InChI is InChI=1S/C18H17NO5/c1-11(18(24)19-10-16(21)22)14-9-13(7-8-15(14)20)17(23)12-5-3-2-4-6-12/h2-9,11,20H,10H2,1H3,(H,19,24)(H,21,22)/t11-/m1/s1. The zero-order chi connectivity index (χ0) is 17.7. The van der Waals surface area contributed by atoms with E-state index in [1.165, 1.54) is 25.1 Å². The number of phenolic OH excluding ortho intramolecular Hbond substituents is 1. The first-order valence-corrected chi connectivity index (χ1v) is 7.32. The molecule has 2 aromatic rings. The van der Waals surface area contributed by atoms with Crippen LogP contribution in [-0.2, 0) is 9.59 Å². The molecule has 2 aromatic carbocycles. The molecule has 0 aliphatic carbocycles. The Labute approximate surface area is 138 Å². The molecule has 3 N–H and O–H groups in total. The first-order chi connectivity index (χ1) is 11.4. The number of nitrogens with one attached hydrogen (secondary N) is 1. The fraction of sp³-hybridized carbons (Fsp3) is 0.167. The quantitative estimate of drug-likeness (QED) is 0.703. The Morgan fingerprint density at radius 3 is 2.33 bits per heavy atom. The molecular formula is C18H17NO5. The first kappa shape index (κ1) is 17.2. The van der Waals surface area contributed by atoms with Crippen LogP contribution in [0.25, 0.3) is 0 Å². The van der Waals surface area contributed by atoms with Crippen molar-refractivity contribution in [3.63, 3.8) is 0 Å². The Morgan fingerprint density at radius 1 is 1.04 bits per heavy atom. The van der Waals surface area contributed by atoms with Crippen LogP contribution >= 0.6 is 0 Å². The minimum atomic E-state index is -1.16. The summed E-state index contributed by atoms with van der Waals surface area (Å²) in [5.74, 6) is -2.86. The lowest BCUT2D eigenvalue weighted by Gasteiger charge is -2.14. The van der Waals surface area contributed by atoms with Crippen LogP contribution in [0, 0.1) is 0 Å². The van der Waals surface area contributed by atoms with Gasteiger partial charge in [-0.05, 0) is 25.1 Å². The van der Waals surface area contributed by atoms with Gasteiger partial charge in [0.15, 0.2) is 5.78 Å². The Kier molecular flexibility index (Phi) is 5.31. The van der Waals surface area contributed by atoms with Crippen molar-refractivity contribution in [2.75, 3.05) is 6.54 Å². The SMILES string of the molecule is C[C@@H](C(=O)NCC(=O)O)c1cc(C(=O)c2ccccc2)ccc1O. The van der Waals surface area contributed by atoms with Gasteiger partial charge >= 0.3 is 5.97 Å². The van der Waals surface area contributed by atoms with Crippen molar-refractivity contribution >= 4 is 17.7 Å². The third-order valence-electron chi connectivity index (χ3n) is 3.60. The highest BCUT2D eigenvalue weighted by Crippen LogP contribution is 2.27. The van der Waals surface area contributed by atoms with E-state index in [4.69, 9.17) is 5.11 Å². The second-order valence-electron chi connectivity index (χ2n) is 5.30. The molecule has 0 aromatic heterocycles. The van der Waals surface area contributed by atoms with E-state index in [1.54, 1.807) is 30.3 Å². The molecular weight excluding hydrogens is 310 g/mol. The van der Waals surface area contributed by atoms with Gasteiger partial charge in [-0.1, -0.05) is 30.3 Å². The number of carbonyl (C=O) groups excluding carboxylic acids is 2. The van der Waals surface area contributed by atoms with Gasteiger partial charge in [0, 0.05) is 16.7 Å². The van der Waals surface area contributed by atoms with E-state index in [-0.39, 0.29) is 17.1 Å². The van der Waals surface area contributed by atoms with Crippen LogP contribution < -0.4 is 5.32 Å². The van der Waals surface area contributed by atoms with E-state index in [1.807, 2.05) is 0 Å². The molecule has 0 heterocycles. The van der Waals surface area contributed by atoms with Crippen LogP contribution in [0.1, 0.15) is 34.3 Å². The highest BCUT2D eigenvalue weighted by molar-refractivity contribution is 6.09. The number of carboxylic acid groups (broad SMARTS) is 1. The number of aliphatic carboxylic acids is 1. The molecule has 124 valence electrons. The highest BCUT2D eigenvalue weighted by Gasteiger charge is 2.21. The molecule has 0 saturated carbocycles. The topological polar surface area (TPSA) is 104 Å². The van der Waals surface area contributed by atoms with E-state index in [0.29, 0.717) is 11.1 Å². The summed E-state index contributed by atoms with van der Waals surface area (Å²) in [4.78, 5) is 35.0. The number of amides is 1. The minimum Gasteiger partial charge on any atom is -0.508 e. The Balaban J connectivity index is 2.27. The summed E-state index contributed by atoms with van der Waals surface area (Å²) in [6.07, 6.45) is 0. The molecule has 1 amide bonds. The van der Waals surface area contributed by atoms with Crippen molar-refractivity contribution in [2.45, 2.75) is 12.8 Å². The van der Waals surface area contributed by atoms with Crippen molar-refractivity contribution in [2.24, 2.45) is 0 Å². The summed E-state index contributed by atoms with van der Waals surface area (Å²) in [5.41, 5.74) is 1.10. The highest BCUT2D eigenvalue weighted by atomic mass is 16.4. The maximum atomic E-state index is 12.5. The van der Waals surface area contributed by atoms with Crippen LogP contribution in [0.5, 0.6) is 5.75 Å². The third kappa shape index (κ3) is 3.98. The number of carbonyl (C=O) groups is 3. The number of hydrogen-bond donors (Lipinski definition) is 3. The fourth-order valence-corrected chi connectivity index (χ4v) is 2.26. The van der Waals surface area contributed by atoms with Gasteiger partial charge in [-0.3, -0.25) is 14.4 Å². The summed E-state index contributed by atoms with van der Waals surface area (Å²) in [5, 5.41) is 20.8. The normalized spacial score (nSPS) is 11.5. The molecule has 0 spiro atoms. The number of benzene rings is 2. The third-order valence-corrected chi connectivity index (χ3v) is 3.60. The molecule has 2 rings (SSSR count). The Bertz CT molecular complexity index is 770. The van der Waals surface area contributed by atoms with E-state index in [9.17, 15) is 19.5 Å². The molecule has 0 aliphatic heterocycles. The van der Waals surface area contributed by atoms with E-state index in [0.717, 1.165) is 0 Å². The molecule has 0 fully saturated rings. The minimum absolute atomic E-state index is 0.127.